The van der Waals surface area contributed by atoms with Crippen molar-refractivity contribution in [1.82, 2.24) is 10.4 Å². The maximum Gasteiger partial charge on any atom is 0.283 e. The fourth-order valence-electron chi connectivity index (χ4n) is 2.96. The lowest BCUT2D eigenvalue weighted by Crippen LogP contribution is -2.21. The molecule has 0 radical (unpaired) electrons. The molecular formula is C22H25N5OS. The molecule has 0 fully saturated rings. The molecule has 29 heavy (non-hydrogen) atoms. The molecule has 3 N–H and O–H groups in total. The minimum absolute atomic E-state index is 0.288. The molecule has 1 heterocycles. The van der Waals surface area contributed by atoms with E-state index in [0.29, 0.717) is 22.1 Å². The van der Waals surface area contributed by atoms with E-state index in [4.69, 9.17) is 5.73 Å². The number of benzene rings is 2. The van der Waals surface area contributed by atoms with Gasteiger partial charge in [0.1, 0.15) is 4.88 Å². The Bertz CT molecular complexity index is 967. The summed E-state index contributed by atoms with van der Waals surface area (Å²) >= 11 is 1.18. The first kappa shape index (κ1) is 20.5. The second-order valence-corrected chi connectivity index (χ2v) is 7.50. The number of amides is 1. The van der Waals surface area contributed by atoms with Crippen LogP contribution in [0.25, 0.3) is 0 Å². The van der Waals surface area contributed by atoms with Crippen molar-refractivity contribution >= 4 is 34.3 Å². The Morgan fingerprint density at radius 3 is 2.55 bits per heavy atom. The summed E-state index contributed by atoms with van der Waals surface area (Å²) in [6.07, 6.45) is 2.28. The number of carbonyl (C=O) groups is 1. The molecule has 0 atom stereocenters. The van der Waals surface area contributed by atoms with Gasteiger partial charge in [-0.1, -0.05) is 60.7 Å². The minimum Gasteiger partial charge on any atom is -0.375 e. The molecular weight excluding hydrogens is 382 g/mol. The van der Waals surface area contributed by atoms with Gasteiger partial charge in [-0.05, 0) is 36.6 Å². The molecule has 0 aliphatic heterocycles. The molecule has 7 heteroatoms. The molecule has 0 saturated carbocycles. The zero-order valence-corrected chi connectivity index (χ0v) is 17.4. The summed E-state index contributed by atoms with van der Waals surface area (Å²) in [5.41, 5.74) is 12.3. The topological polar surface area (TPSA) is 83.6 Å². The van der Waals surface area contributed by atoms with Gasteiger partial charge in [0.25, 0.3) is 5.91 Å². The molecule has 1 aromatic heterocycles. The third kappa shape index (κ3) is 5.42. The number of hydrazone groups is 1. The highest BCUT2D eigenvalue weighted by atomic mass is 32.1. The van der Waals surface area contributed by atoms with Crippen molar-refractivity contribution in [2.45, 2.75) is 26.8 Å². The van der Waals surface area contributed by atoms with Crippen molar-refractivity contribution in [1.29, 1.82) is 0 Å². The molecule has 6 nitrogen and oxygen atoms in total. The van der Waals surface area contributed by atoms with Crippen LogP contribution in [0.1, 0.15) is 40.3 Å². The largest absolute Gasteiger partial charge is 0.375 e. The summed E-state index contributed by atoms with van der Waals surface area (Å²) in [6, 6.07) is 18.5. The number of hydrogen-bond donors (Lipinski definition) is 2. The van der Waals surface area contributed by atoms with Crippen LogP contribution in [0.2, 0.25) is 0 Å². The van der Waals surface area contributed by atoms with E-state index in [2.05, 4.69) is 63.7 Å². The van der Waals surface area contributed by atoms with Gasteiger partial charge in [-0.15, -0.1) is 0 Å². The van der Waals surface area contributed by atoms with Crippen molar-refractivity contribution in [2.24, 2.45) is 5.10 Å². The highest BCUT2D eigenvalue weighted by molar-refractivity contribution is 7.17. The Balaban J connectivity index is 1.61. The fraction of sp³-hybridized carbons (Fsp3) is 0.227. The van der Waals surface area contributed by atoms with Crippen molar-refractivity contribution in [3.05, 3.63) is 76.3 Å². The first-order valence-corrected chi connectivity index (χ1v) is 10.4. The van der Waals surface area contributed by atoms with E-state index < -0.39 is 0 Å². The number of nitrogen functional groups attached to an aromatic ring is 1. The predicted molar refractivity (Wildman–Crippen MR) is 121 cm³/mol. The summed E-state index contributed by atoms with van der Waals surface area (Å²) < 4.78 is 0. The number of nitrogens with one attached hydrogen (secondary N) is 1. The predicted octanol–water partition coefficient (Wildman–Crippen LogP) is 4.08. The highest BCUT2D eigenvalue weighted by Crippen LogP contribution is 2.21. The summed E-state index contributed by atoms with van der Waals surface area (Å²) in [6.45, 7) is 5.85. The van der Waals surface area contributed by atoms with Gasteiger partial charge in [0.05, 0.1) is 11.9 Å². The number of aromatic nitrogens is 1. The summed E-state index contributed by atoms with van der Waals surface area (Å²) in [4.78, 5) is 19.2. The Morgan fingerprint density at radius 2 is 1.90 bits per heavy atom. The maximum absolute atomic E-state index is 12.3. The van der Waals surface area contributed by atoms with Gasteiger partial charge in [-0.2, -0.15) is 5.10 Å². The standard InChI is InChI=1S/C22H25N5OS/c1-3-19-20(29-22(23)25-19)21(28)26-24-14-16-10-12-18(13-11-16)27(4-2)15-17-8-6-5-7-9-17/h5-14H,3-4,15H2,1-2H3,(H2,23,25)(H,26,28)/b24-14-. The highest BCUT2D eigenvalue weighted by Gasteiger charge is 2.15. The Kier molecular flexibility index (Phi) is 6.97. The van der Waals surface area contributed by atoms with Gasteiger partial charge in [0, 0.05) is 18.8 Å². The second-order valence-electron chi connectivity index (χ2n) is 6.47. The van der Waals surface area contributed by atoms with Crippen LogP contribution in [-0.4, -0.2) is 23.7 Å². The van der Waals surface area contributed by atoms with Gasteiger partial charge >= 0.3 is 0 Å². The van der Waals surface area contributed by atoms with Crippen LogP contribution in [0.3, 0.4) is 0 Å². The van der Waals surface area contributed by atoms with Crippen molar-refractivity contribution in [2.75, 3.05) is 17.2 Å². The number of hydrogen-bond acceptors (Lipinski definition) is 6. The lowest BCUT2D eigenvalue weighted by atomic mass is 10.1. The molecule has 150 valence electrons. The molecule has 2 aromatic carbocycles. The van der Waals surface area contributed by atoms with Crippen molar-refractivity contribution in [3.8, 4) is 0 Å². The molecule has 0 bridgehead atoms. The fourth-order valence-corrected chi connectivity index (χ4v) is 3.78. The zero-order chi connectivity index (χ0) is 20.6. The Labute approximate surface area is 175 Å². The van der Waals surface area contributed by atoms with Gasteiger partial charge in [-0.3, -0.25) is 4.79 Å². The van der Waals surface area contributed by atoms with Crippen LogP contribution >= 0.6 is 11.3 Å². The molecule has 0 aliphatic rings. The van der Waals surface area contributed by atoms with E-state index in [1.165, 1.54) is 16.9 Å². The maximum atomic E-state index is 12.3. The third-order valence-corrected chi connectivity index (χ3v) is 5.42. The number of nitrogens with two attached hydrogens (primary N) is 1. The van der Waals surface area contributed by atoms with Gasteiger partial charge in [0.15, 0.2) is 5.13 Å². The number of anilines is 2. The Hall–Kier alpha value is -3.19. The number of rotatable bonds is 8. The normalized spacial score (nSPS) is 11.0. The van der Waals surface area contributed by atoms with E-state index >= 15 is 0 Å². The van der Waals surface area contributed by atoms with Gasteiger partial charge < -0.3 is 10.6 Å². The second kappa shape index (κ2) is 9.84. The monoisotopic (exact) mass is 407 g/mol. The van der Waals surface area contributed by atoms with Crippen LogP contribution in [0, 0.1) is 0 Å². The lowest BCUT2D eigenvalue weighted by Gasteiger charge is -2.23. The SMILES string of the molecule is CCc1nc(N)sc1C(=O)N/N=C\c1ccc(N(CC)Cc2ccccc2)cc1. The lowest BCUT2D eigenvalue weighted by molar-refractivity contribution is 0.0958. The van der Waals surface area contributed by atoms with Crippen molar-refractivity contribution in [3.63, 3.8) is 0 Å². The Morgan fingerprint density at radius 1 is 1.17 bits per heavy atom. The van der Waals surface area contributed by atoms with E-state index in [9.17, 15) is 4.79 Å². The quantitative estimate of drug-likeness (QED) is 0.435. The average molecular weight is 408 g/mol. The van der Waals surface area contributed by atoms with E-state index in [1.54, 1.807) is 6.21 Å². The third-order valence-electron chi connectivity index (χ3n) is 4.49. The molecule has 1 amide bonds. The summed E-state index contributed by atoms with van der Waals surface area (Å²) in [7, 11) is 0. The van der Waals surface area contributed by atoms with Crippen LogP contribution in [0.5, 0.6) is 0 Å². The molecule has 3 rings (SSSR count). The van der Waals surface area contributed by atoms with Gasteiger partial charge in [0.2, 0.25) is 0 Å². The minimum atomic E-state index is -0.288. The summed E-state index contributed by atoms with van der Waals surface area (Å²) in [5, 5.41) is 4.46. The molecule has 3 aromatic rings. The number of thiazole rings is 1. The number of aryl methyl sites for hydroxylation is 1. The van der Waals surface area contributed by atoms with E-state index in [0.717, 1.165) is 24.3 Å². The first-order valence-electron chi connectivity index (χ1n) is 9.58. The van der Waals surface area contributed by atoms with Crippen molar-refractivity contribution < 1.29 is 4.79 Å². The van der Waals surface area contributed by atoms with Crippen LogP contribution in [0.15, 0.2) is 59.7 Å². The molecule has 0 unspecified atom stereocenters. The van der Waals surface area contributed by atoms with Crippen LogP contribution in [0.4, 0.5) is 10.8 Å². The van der Waals surface area contributed by atoms with Gasteiger partial charge in [-0.25, -0.2) is 10.4 Å². The van der Waals surface area contributed by atoms with E-state index in [-0.39, 0.29) is 5.91 Å². The van der Waals surface area contributed by atoms with Crippen LogP contribution < -0.4 is 16.1 Å². The zero-order valence-electron chi connectivity index (χ0n) is 16.6. The molecule has 0 aliphatic carbocycles. The number of carbonyl (C=O) groups excluding carboxylic acids is 1. The average Bonchev–Trinajstić information content (AvgIpc) is 3.14. The smallest absolute Gasteiger partial charge is 0.283 e. The summed E-state index contributed by atoms with van der Waals surface area (Å²) in [5.74, 6) is -0.288. The van der Waals surface area contributed by atoms with Crippen LogP contribution in [-0.2, 0) is 13.0 Å². The molecule has 0 spiro atoms. The molecule has 0 saturated heterocycles. The first-order chi connectivity index (χ1) is 14.1. The number of nitrogens with zero attached hydrogens (tertiary/aromatic N) is 3. The van der Waals surface area contributed by atoms with E-state index in [1.807, 2.05) is 25.1 Å².